The SMILES string of the molecule is Cc1ccc(S(=O)(=O)N(C)/C=C/C(C)N2CCCCCC2=O)cc1. The van der Waals surface area contributed by atoms with Crippen LogP contribution in [-0.2, 0) is 14.8 Å². The quantitative estimate of drug-likeness (QED) is 0.820. The van der Waals surface area contributed by atoms with Gasteiger partial charge in [-0.25, -0.2) is 8.42 Å². The number of carbonyl (C=O) groups is 1. The van der Waals surface area contributed by atoms with Crippen molar-refractivity contribution in [3.8, 4) is 0 Å². The summed E-state index contributed by atoms with van der Waals surface area (Å²) in [7, 11) is -2.04. The summed E-state index contributed by atoms with van der Waals surface area (Å²) in [5.41, 5.74) is 1.01. The summed E-state index contributed by atoms with van der Waals surface area (Å²) >= 11 is 0. The fraction of sp³-hybridized carbons (Fsp3) is 0.500. The van der Waals surface area contributed by atoms with E-state index in [9.17, 15) is 13.2 Å². The molecule has 0 spiro atoms. The fourth-order valence-corrected chi connectivity index (χ4v) is 3.78. The van der Waals surface area contributed by atoms with Crippen molar-refractivity contribution in [3.63, 3.8) is 0 Å². The predicted octanol–water partition coefficient (Wildman–Crippen LogP) is 2.92. The highest BCUT2D eigenvalue weighted by Crippen LogP contribution is 2.17. The molecule has 1 aliphatic rings. The Morgan fingerprint density at radius 3 is 2.50 bits per heavy atom. The van der Waals surface area contributed by atoms with Gasteiger partial charge in [-0.1, -0.05) is 24.1 Å². The first-order chi connectivity index (χ1) is 11.3. The Kier molecular flexibility index (Phi) is 6.04. The Hall–Kier alpha value is -1.82. The zero-order valence-electron chi connectivity index (χ0n) is 14.6. The average Bonchev–Trinajstić information content (AvgIpc) is 2.77. The normalized spacial score (nSPS) is 17.8. The maximum Gasteiger partial charge on any atom is 0.263 e. The number of hydrogen-bond acceptors (Lipinski definition) is 3. The van der Waals surface area contributed by atoms with Crippen LogP contribution in [0.15, 0.2) is 41.4 Å². The minimum Gasteiger partial charge on any atom is -0.336 e. The first-order valence-corrected chi connectivity index (χ1v) is 9.79. The lowest BCUT2D eigenvalue weighted by Gasteiger charge is -2.26. The van der Waals surface area contributed by atoms with Crippen molar-refractivity contribution < 1.29 is 13.2 Å². The third kappa shape index (κ3) is 4.38. The molecule has 0 aromatic heterocycles. The van der Waals surface area contributed by atoms with Crippen LogP contribution in [-0.4, -0.2) is 43.2 Å². The Balaban J connectivity index is 2.09. The van der Waals surface area contributed by atoms with Gasteiger partial charge in [0.25, 0.3) is 10.0 Å². The Morgan fingerprint density at radius 1 is 1.17 bits per heavy atom. The maximum absolute atomic E-state index is 12.5. The molecule has 1 heterocycles. The molecule has 2 rings (SSSR count). The molecule has 1 aromatic carbocycles. The van der Waals surface area contributed by atoms with E-state index < -0.39 is 10.0 Å². The molecule has 1 fully saturated rings. The first kappa shape index (κ1) is 18.5. The monoisotopic (exact) mass is 350 g/mol. The molecule has 1 amide bonds. The smallest absolute Gasteiger partial charge is 0.263 e. The van der Waals surface area contributed by atoms with E-state index in [1.807, 2.05) is 18.7 Å². The summed E-state index contributed by atoms with van der Waals surface area (Å²) in [6.07, 6.45) is 6.90. The van der Waals surface area contributed by atoms with Gasteiger partial charge in [-0.05, 0) is 44.9 Å². The number of nitrogens with zero attached hydrogens (tertiary/aromatic N) is 2. The van der Waals surface area contributed by atoms with Gasteiger partial charge in [-0.15, -0.1) is 0 Å². The van der Waals surface area contributed by atoms with E-state index in [0.29, 0.717) is 6.42 Å². The first-order valence-electron chi connectivity index (χ1n) is 8.35. The number of amides is 1. The van der Waals surface area contributed by atoms with E-state index in [1.54, 1.807) is 30.3 Å². The summed E-state index contributed by atoms with van der Waals surface area (Å²) in [5.74, 6) is 0.147. The lowest BCUT2D eigenvalue weighted by molar-refractivity contribution is -0.131. The van der Waals surface area contributed by atoms with Crippen LogP contribution in [0.1, 0.15) is 38.2 Å². The molecule has 132 valence electrons. The number of benzene rings is 1. The van der Waals surface area contributed by atoms with E-state index in [1.165, 1.54) is 17.6 Å². The largest absolute Gasteiger partial charge is 0.336 e. The summed E-state index contributed by atoms with van der Waals surface area (Å²) in [6, 6.07) is 6.66. The number of aryl methyl sites for hydroxylation is 1. The maximum atomic E-state index is 12.5. The average molecular weight is 350 g/mol. The third-order valence-corrected chi connectivity index (χ3v) is 6.12. The van der Waals surface area contributed by atoms with Crippen LogP contribution in [0.3, 0.4) is 0 Å². The van der Waals surface area contributed by atoms with E-state index in [0.717, 1.165) is 31.4 Å². The van der Waals surface area contributed by atoms with Gasteiger partial charge in [0.1, 0.15) is 0 Å². The summed E-state index contributed by atoms with van der Waals surface area (Å²) in [4.78, 5) is 14.2. The molecule has 24 heavy (non-hydrogen) atoms. The molecule has 0 radical (unpaired) electrons. The van der Waals surface area contributed by atoms with Gasteiger partial charge < -0.3 is 4.90 Å². The Labute approximate surface area is 145 Å². The zero-order valence-corrected chi connectivity index (χ0v) is 15.4. The highest BCUT2D eigenvalue weighted by Gasteiger charge is 2.21. The molecule has 0 aliphatic carbocycles. The molecule has 1 atom stereocenters. The van der Waals surface area contributed by atoms with Gasteiger partial charge in [-0.2, -0.15) is 0 Å². The van der Waals surface area contributed by atoms with Crippen molar-refractivity contribution in [3.05, 3.63) is 42.1 Å². The van der Waals surface area contributed by atoms with Crippen LogP contribution in [0.2, 0.25) is 0 Å². The lowest BCUT2D eigenvalue weighted by atomic mass is 10.2. The zero-order chi connectivity index (χ0) is 17.7. The molecule has 0 saturated carbocycles. The molecule has 1 aromatic rings. The molecule has 1 aliphatic heterocycles. The van der Waals surface area contributed by atoms with E-state index in [-0.39, 0.29) is 16.8 Å². The standard InChI is InChI=1S/C18H26N2O3S/c1-15-8-10-17(11-9-15)24(22,23)19(3)14-12-16(2)20-13-6-4-5-7-18(20)21/h8-12,14,16H,4-7,13H2,1-3H3/b14-12+. The number of sulfonamides is 1. The molecule has 0 N–H and O–H groups in total. The van der Waals surface area contributed by atoms with Gasteiger partial charge >= 0.3 is 0 Å². The van der Waals surface area contributed by atoms with Gasteiger partial charge in [0, 0.05) is 32.3 Å². The van der Waals surface area contributed by atoms with Gasteiger partial charge in [-0.3, -0.25) is 9.10 Å². The van der Waals surface area contributed by atoms with Crippen molar-refractivity contribution in [2.45, 2.75) is 50.5 Å². The Morgan fingerprint density at radius 2 is 1.83 bits per heavy atom. The number of hydrogen-bond donors (Lipinski definition) is 0. The lowest BCUT2D eigenvalue weighted by Crippen LogP contribution is -2.37. The van der Waals surface area contributed by atoms with E-state index in [4.69, 9.17) is 0 Å². The van der Waals surface area contributed by atoms with Crippen LogP contribution in [0, 0.1) is 6.92 Å². The van der Waals surface area contributed by atoms with Crippen molar-refractivity contribution in [2.24, 2.45) is 0 Å². The molecular formula is C18H26N2O3S. The van der Waals surface area contributed by atoms with Crippen molar-refractivity contribution >= 4 is 15.9 Å². The summed E-state index contributed by atoms with van der Waals surface area (Å²) in [5, 5.41) is 0. The van der Waals surface area contributed by atoms with E-state index in [2.05, 4.69) is 0 Å². The molecule has 0 bridgehead atoms. The highest BCUT2D eigenvalue weighted by molar-refractivity contribution is 7.89. The second kappa shape index (κ2) is 7.83. The van der Waals surface area contributed by atoms with Crippen LogP contribution in [0.5, 0.6) is 0 Å². The van der Waals surface area contributed by atoms with Crippen LogP contribution in [0.25, 0.3) is 0 Å². The fourth-order valence-electron chi connectivity index (χ4n) is 2.74. The summed E-state index contributed by atoms with van der Waals surface area (Å²) in [6.45, 7) is 4.57. The van der Waals surface area contributed by atoms with Crippen molar-refractivity contribution in [1.82, 2.24) is 9.21 Å². The van der Waals surface area contributed by atoms with E-state index >= 15 is 0 Å². The van der Waals surface area contributed by atoms with Gasteiger partial charge in [0.05, 0.1) is 4.90 Å². The minimum absolute atomic E-state index is 0.119. The van der Waals surface area contributed by atoms with Crippen molar-refractivity contribution in [2.75, 3.05) is 13.6 Å². The number of carbonyl (C=O) groups excluding carboxylic acids is 1. The van der Waals surface area contributed by atoms with Crippen LogP contribution < -0.4 is 0 Å². The molecular weight excluding hydrogens is 324 g/mol. The van der Waals surface area contributed by atoms with Gasteiger partial charge in [0.2, 0.25) is 5.91 Å². The molecule has 6 heteroatoms. The van der Waals surface area contributed by atoms with Crippen LogP contribution in [0.4, 0.5) is 0 Å². The summed E-state index contributed by atoms with van der Waals surface area (Å²) < 4.78 is 26.3. The Bertz CT molecular complexity index is 695. The van der Waals surface area contributed by atoms with Crippen molar-refractivity contribution in [1.29, 1.82) is 0 Å². The number of likely N-dealkylation sites (tertiary alicyclic amines) is 1. The minimum atomic E-state index is -3.56. The van der Waals surface area contributed by atoms with Gasteiger partial charge in [0.15, 0.2) is 0 Å². The predicted molar refractivity (Wildman–Crippen MR) is 94.9 cm³/mol. The second-order valence-electron chi connectivity index (χ2n) is 6.31. The molecule has 1 saturated heterocycles. The molecule has 1 unspecified atom stereocenters. The number of rotatable bonds is 5. The van der Waals surface area contributed by atoms with Crippen LogP contribution >= 0.6 is 0 Å². The second-order valence-corrected chi connectivity index (χ2v) is 8.31. The highest BCUT2D eigenvalue weighted by atomic mass is 32.2. The molecule has 5 nitrogen and oxygen atoms in total. The topological polar surface area (TPSA) is 57.7 Å². The third-order valence-electron chi connectivity index (χ3n) is 4.37.